The average molecular weight is 438 g/mol. The monoisotopic (exact) mass is 438 g/mol. The molecular weight excluding hydrogens is 412 g/mol. The summed E-state index contributed by atoms with van der Waals surface area (Å²) >= 11 is 0. The number of amides is 2. The van der Waals surface area contributed by atoms with Crippen molar-refractivity contribution in [2.24, 2.45) is 0 Å². The van der Waals surface area contributed by atoms with Crippen LogP contribution in [0.4, 0.5) is 4.79 Å². The van der Waals surface area contributed by atoms with Crippen LogP contribution in [-0.2, 0) is 19.1 Å². The molecule has 0 saturated carbocycles. The molecule has 2 aromatic rings. The van der Waals surface area contributed by atoms with E-state index in [2.05, 4.69) is 17.4 Å². The van der Waals surface area contributed by atoms with Gasteiger partial charge in [0.15, 0.2) is 0 Å². The lowest BCUT2D eigenvalue weighted by Gasteiger charge is -2.40. The molecule has 1 fully saturated rings. The third-order valence-corrected chi connectivity index (χ3v) is 5.94. The first-order valence-corrected chi connectivity index (χ1v) is 10.7. The summed E-state index contributed by atoms with van der Waals surface area (Å²) < 4.78 is 10.7. The van der Waals surface area contributed by atoms with Gasteiger partial charge in [0.2, 0.25) is 5.91 Å². The van der Waals surface area contributed by atoms with Crippen LogP contribution in [0.15, 0.2) is 48.5 Å². The normalized spacial score (nSPS) is 16.0. The minimum Gasteiger partial charge on any atom is -0.480 e. The number of aliphatic carboxylic acids is 1. The van der Waals surface area contributed by atoms with Gasteiger partial charge >= 0.3 is 12.1 Å². The van der Waals surface area contributed by atoms with Gasteiger partial charge in [0.05, 0.1) is 6.10 Å². The van der Waals surface area contributed by atoms with E-state index in [9.17, 15) is 14.4 Å². The molecule has 8 nitrogen and oxygen atoms in total. The molecular formula is C24H26N2O6. The fraction of sp³-hybridized carbons (Fsp3) is 0.375. The summed E-state index contributed by atoms with van der Waals surface area (Å²) in [6.45, 7) is 2.23. The molecule has 0 aromatic heterocycles. The van der Waals surface area contributed by atoms with E-state index in [1.165, 1.54) is 0 Å². The number of likely N-dealkylation sites (tertiary alicyclic amines) is 1. The van der Waals surface area contributed by atoms with Crippen LogP contribution in [-0.4, -0.2) is 66.4 Å². The Morgan fingerprint density at radius 2 is 1.66 bits per heavy atom. The quantitative estimate of drug-likeness (QED) is 0.657. The maximum atomic E-state index is 12.6. The highest BCUT2D eigenvalue weighted by molar-refractivity contribution is 5.86. The Balaban J connectivity index is 1.31. The number of nitrogens with zero attached hydrogens (tertiary/aromatic N) is 1. The molecule has 2 aromatic carbocycles. The Labute approximate surface area is 186 Å². The molecule has 1 saturated heterocycles. The number of hydrogen-bond donors (Lipinski definition) is 2. The topological polar surface area (TPSA) is 105 Å². The number of carbonyl (C=O) groups excluding carboxylic acids is 2. The van der Waals surface area contributed by atoms with Crippen molar-refractivity contribution in [2.45, 2.75) is 31.4 Å². The van der Waals surface area contributed by atoms with Crippen molar-refractivity contribution in [3.63, 3.8) is 0 Å². The molecule has 8 heteroatoms. The predicted octanol–water partition coefficient (Wildman–Crippen LogP) is 2.62. The lowest BCUT2D eigenvalue weighted by atomic mass is 9.98. The van der Waals surface area contributed by atoms with Gasteiger partial charge in [-0.2, -0.15) is 0 Å². The Kier molecular flexibility index (Phi) is 6.41. The third-order valence-electron chi connectivity index (χ3n) is 5.94. The Bertz CT molecular complexity index is 972. The Morgan fingerprint density at radius 3 is 2.22 bits per heavy atom. The average Bonchev–Trinajstić information content (AvgIpc) is 3.08. The summed E-state index contributed by atoms with van der Waals surface area (Å²) in [5.74, 6) is -1.32. The van der Waals surface area contributed by atoms with Crippen molar-refractivity contribution in [3.8, 4) is 11.1 Å². The van der Waals surface area contributed by atoms with Gasteiger partial charge in [-0.1, -0.05) is 55.5 Å². The van der Waals surface area contributed by atoms with E-state index >= 15 is 0 Å². The summed E-state index contributed by atoms with van der Waals surface area (Å²) in [5.41, 5.74) is 4.54. The number of alkyl carbamates (subject to hydrolysis) is 1. The molecule has 2 N–H and O–H groups in total. The largest absolute Gasteiger partial charge is 0.480 e. The smallest absolute Gasteiger partial charge is 0.407 e. The number of ether oxygens (including phenoxy) is 2. The molecule has 0 radical (unpaired) electrons. The first kappa shape index (κ1) is 21.8. The second-order valence-corrected chi connectivity index (χ2v) is 8.00. The zero-order valence-corrected chi connectivity index (χ0v) is 17.8. The molecule has 4 rings (SSSR count). The SMILES string of the molecule is CC[C@@H](NC(=O)OCC1c2ccccc2-c2ccccc21)C(=O)N1CC(OCC(=O)O)C1. The number of benzene rings is 2. The highest BCUT2D eigenvalue weighted by atomic mass is 16.5. The zero-order chi connectivity index (χ0) is 22.7. The molecule has 1 heterocycles. The highest BCUT2D eigenvalue weighted by Gasteiger charge is 2.36. The van der Waals surface area contributed by atoms with Crippen LogP contribution >= 0.6 is 0 Å². The van der Waals surface area contributed by atoms with Crippen LogP contribution in [0, 0.1) is 0 Å². The van der Waals surface area contributed by atoms with Crippen LogP contribution in [0.25, 0.3) is 11.1 Å². The van der Waals surface area contributed by atoms with Crippen molar-refractivity contribution in [1.29, 1.82) is 0 Å². The summed E-state index contributed by atoms with van der Waals surface area (Å²) in [7, 11) is 0. The number of rotatable bonds is 8. The number of carboxylic acids is 1. The van der Waals surface area contributed by atoms with E-state index in [0.29, 0.717) is 19.5 Å². The highest BCUT2D eigenvalue weighted by Crippen LogP contribution is 2.44. The predicted molar refractivity (Wildman–Crippen MR) is 116 cm³/mol. The number of carboxylic acid groups (broad SMARTS) is 1. The van der Waals surface area contributed by atoms with Gasteiger partial charge in [0, 0.05) is 19.0 Å². The van der Waals surface area contributed by atoms with Gasteiger partial charge < -0.3 is 24.8 Å². The van der Waals surface area contributed by atoms with Crippen molar-refractivity contribution in [1.82, 2.24) is 10.2 Å². The number of fused-ring (bicyclic) bond motifs is 3. The van der Waals surface area contributed by atoms with E-state index in [-0.39, 0.29) is 31.1 Å². The number of nitrogens with one attached hydrogen (secondary N) is 1. The molecule has 1 atom stereocenters. The lowest BCUT2D eigenvalue weighted by Crippen LogP contribution is -2.60. The molecule has 0 spiro atoms. The molecule has 2 amide bonds. The minimum atomic E-state index is -1.04. The fourth-order valence-electron chi connectivity index (χ4n) is 4.25. The van der Waals surface area contributed by atoms with E-state index in [0.717, 1.165) is 22.3 Å². The molecule has 1 aliphatic heterocycles. The Hall–Kier alpha value is -3.39. The first-order chi connectivity index (χ1) is 15.5. The summed E-state index contributed by atoms with van der Waals surface area (Å²) in [5, 5.41) is 11.3. The van der Waals surface area contributed by atoms with Gasteiger partial charge in [-0.15, -0.1) is 0 Å². The van der Waals surface area contributed by atoms with Gasteiger partial charge in [-0.25, -0.2) is 9.59 Å². The van der Waals surface area contributed by atoms with Crippen molar-refractivity contribution < 1.29 is 29.0 Å². The Morgan fingerprint density at radius 1 is 1.06 bits per heavy atom. The molecule has 2 aliphatic rings. The third kappa shape index (κ3) is 4.45. The molecule has 168 valence electrons. The van der Waals surface area contributed by atoms with Crippen LogP contribution in [0.5, 0.6) is 0 Å². The van der Waals surface area contributed by atoms with E-state index in [1.807, 2.05) is 43.3 Å². The van der Waals surface area contributed by atoms with Crippen LogP contribution in [0.2, 0.25) is 0 Å². The maximum absolute atomic E-state index is 12.6. The van der Waals surface area contributed by atoms with Crippen molar-refractivity contribution in [2.75, 3.05) is 26.3 Å². The number of carbonyl (C=O) groups is 3. The van der Waals surface area contributed by atoms with Crippen LogP contribution in [0.1, 0.15) is 30.4 Å². The van der Waals surface area contributed by atoms with Gasteiger partial charge in [0.1, 0.15) is 19.3 Å². The lowest BCUT2D eigenvalue weighted by molar-refractivity contribution is -0.155. The van der Waals surface area contributed by atoms with E-state index in [1.54, 1.807) is 4.90 Å². The zero-order valence-electron chi connectivity index (χ0n) is 17.8. The van der Waals surface area contributed by atoms with Crippen molar-refractivity contribution in [3.05, 3.63) is 59.7 Å². The second kappa shape index (κ2) is 9.40. The van der Waals surface area contributed by atoms with Gasteiger partial charge in [-0.3, -0.25) is 4.79 Å². The van der Waals surface area contributed by atoms with Crippen LogP contribution < -0.4 is 5.32 Å². The van der Waals surface area contributed by atoms with Gasteiger partial charge in [-0.05, 0) is 28.7 Å². The summed E-state index contributed by atoms with van der Waals surface area (Å²) in [6.07, 6.45) is -0.506. The summed E-state index contributed by atoms with van der Waals surface area (Å²) in [4.78, 5) is 37.2. The van der Waals surface area contributed by atoms with Gasteiger partial charge in [0.25, 0.3) is 0 Å². The first-order valence-electron chi connectivity index (χ1n) is 10.7. The van der Waals surface area contributed by atoms with E-state index in [4.69, 9.17) is 14.6 Å². The molecule has 32 heavy (non-hydrogen) atoms. The number of hydrogen-bond acceptors (Lipinski definition) is 5. The van der Waals surface area contributed by atoms with Crippen molar-refractivity contribution >= 4 is 18.0 Å². The molecule has 1 aliphatic carbocycles. The molecule has 0 unspecified atom stereocenters. The second-order valence-electron chi connectivity index (χ2n) is 8.00. The summed E-state index contributed by atoms with van der Waals surface area (Å²) in [6, 6.07) is 15.5. The van der Waals surface area contributed by atoms with Crippen LogP contribution in [0.3, 0.4) is 0 Å². The fourth-order valence-corrected chi connectivity index (χ4v) is 4.25. The minimum absolute atomic E-state index is 0.0496. The maximum Gasteiger partial charge on any atom is 0.407 e. The standard InChI is InChI=1S/C24H26N2O6/c1-2-21(23(29)26-11-15(12-26)31-14-22(27)28)25-24(30)32-13-20-18-9-5-3-7-16(18)17-8-4-6-10-19(17)20/h3-10,15,20-21H,2,11-14H2,1H3,(H,25,30)(H,27,28)/t21-/m1/s1. The molecule has 0 bridgehead atoms. The van der Waals surface area contributed by atoms with E-state index < -0.39 is 18.1 Å².